The van der Waals surface area contributed by atoms with Crippen LogP contribution in [-0.4, -0.2) is 62.4 Å². The van der Waals surface area contributed by atoms with Crippen LogP contribution in [0.15, 0.2) is 91.4 Å². The Morgan fingerprint density at radius 1 is 0.740 bits per heavy atom. The van der Waals surface area contributed by atoms with E-state index in [9.17, 15) is 19.5 Å². The van der Waals surface area contributed by atoms with Crippen molar-refractivity contribution in [1.29, 1.82) is 0 Å². The van der Waals surface area contributed by atoms with E-state index in [1.165, 1.54) is 6.20 Å². The first-order chi connectivity index (χ1) is 24.1. The molecule has 4 atom stereocenters. The van der Waals surface area contributed by atoms with Crippen molar-refractivity contribution in [2.24, 2.45) is 5.92 Å². The predicted octanol–water partition coefficient (Wildman–Crippen LogP) is 4.76. The number of aliphatic hydroxyl groups is 1. The van der Waals surface area contributed by atoms with Crippen LogP contribution in [0.2, 0.25) is 0 Å². The molecule has 50 heavy (non-hydrogen) atoms. The van der Waals surface area contributed by atoms with Crippen LogP contribution in [0.5, 0.6) is 0 Å². The Balaban J connectivity index is 1.46. The summed E-state index contributed by atoms with van der Waals surface area (Å²) in [4.78, 5) is 52.1. The number of benzene rings is 2. The van der Waals surface area contributed by atoms with Crippen molar-refractivity contribution in [3.05, 3.63) is 125 Å². The fraction of sp³-hybridized carbons (Fsp3) is 0.368. The number of hydrogen-bond acceptors (Lipinski definition) is 9. The van der Waals surface area contributed by atoms with Gasteiger partial charge in [0.15, 0.2) is 0 Å². The summed E-state index contributed by atoms with van der Waals surface area (Å²) in [6.07, 6.45) is 3.11. The molecule has 0 saturated carbocycles. The molecular weight excluding hydrogens is 636 g/mol. The molecule has 2 heterocycles. The summed E-state index contributed by atoms with van der Waals surface area (Å²) in [5.74, 6) is -0.785. The van der Waals surface area contributed by atoms with Crippen LogP contribution in [0.1, 0.15) is 54.0 Å². The first-order valence-corrected chi connectivity index (χ1v) is 16.7. The minimum Gasteiger partial charge on any atom is -0.445 e. The molecule has 264 valence electrons. The molecule has 0 saturated heterocycles. The lowest BCUT2D eigenvalue weighted by Gasteiger charge is -2.30. The van der Waals surface area contributed by atoms with Gasteiger partial charge in [-0.15, -0.1) is 0 Å². The molecule has 1 unspecified atom stereocenters. The molecule has 4 N–H and O–H groups in total. The van der Waals surface area contributed by atoms with Crippen molar-refractivity contribution in [3.63, 3.8) is 0 Å². The third-order valence-corrected chi connectivity index (χ3v) is 8.17. The normalized spacial score (nSPS) is 13.4. The Labute approximate surface area is 293 Å². The first-order valence-electron chi connectivity index (χ1n) is 16.7. The van der Waals surface area contributed by atoms with Gasteiger partial charge in [0, 0.05) is 24.0 Å². The zero-order valence-corrected chi connectivity index (χ0v) is 28.9. The molecule has 2 aromatic heterocycles. The molecule has 0 aliphatic heterocycles. The van der Waals surface area contributed by atoms with E-state index < -0.39 is 42.3 Å². The van der Waals surface area contributed by atoms with Crippen molar-refractivity contribution in [2.45, 2.75) is 84.4 Å². The second kappa shape index (κ2) is 19.0. The highest BCUT2D eigenvalue weighted by molar-refractivity contribution is 5.86. The SMILES string of the molecule is Cc1ncc(COC(=O)NC(C(=O)N[C@@H](Cc2ccccc2)[C@@H](O)C[C@H](Cc2ccccc2)NC(=O)OCc2cccnc2)C(C)C)nc1C. The van der Waals surface area contributed by atoms with Gasteiger partial charge in [0.2, 0.25) is 5.91 Å². The summed E-state index contributed by atoms with van der Waals surface area (Å²) in [7, 11) is 0. The quantitative estimate of drug-likeness (QED) is 0.131. The maximum atomic E-state index is 13.7. The highest BCUT2D eigenvalue weighted by Crippen LogP contribution is 2.16. The largest absolute Gasteiger partial charge is 0.445 e. The Morgan fingerprint density at radius 2 is 1.36 bits per heavy atom. The van der Waals surface area contributed by atoms with E-state index in [-0.39, 0.29) is 25.6 Å². The topological polar surface area (TPSA) is 165 Å². The number of ether oxygens (including phenoxy) is 2. The number of pyridine rings is 1. The van der Waals surface area contributed by atoms with Gasteiger partial charge in [-0.05, 0) is 56.2 Å². The Bertz CT molecular complexity index is 1660. The maximum absolute atomic E-state index is 13.7. The minimum atomic E-state index is -1.09. The van der Waals surface area contributed by atoms with Crippen molar-refractivity contribution < 1.29 is 29.0 Å². The Morgan fingerprint density at radius 3 is 1.98 bits per heavy atom. The average molecular weight is 683 g/mol. The van der Waals surface area contributed by atoms with E-state index in [1.54, 1.807) is 38.4 Å². The molecule has 2 aromatic carbocycles. The van der Waals surface area contributed by atoms with Gasteiger partial charge in [-0.2, -0.15) is 0 Å². The Kier molecular flexibility index (Phi) is 14.2. The van der Waals surface area contributed by atoms with E-state index in [0.29, 0.717) is 18.5 Å². The zero-order valence-electron chi connectivity index (χ0n) is 28.9. The van der Waals surface area contributed by atoms with Crippen LogP contribution in [0.25, 0.3) is 0 Å². The van der Waals surface area contributed by atoms with Crippen LogP contribution >= 0.6 is 0 Å². The fourth-order valence-electron chi connectivity index (χ4n) is 5.31. The molecule has 3 amide bonds. The number of alkyl carbamates (subject to hydrolysis) is 2. The first kappa shape index (κ1) is 37.5. The predicted molar refractivity (Wildman–Crippen MR) is 188 cm³/mol. The van der Waals surface area contributed by atoms with Gasteiger partial charge in [0.05, 0.1) is 35.4 Å². The molecule has 0 aliphatic carbocycles. The summed E-state index contributed by atoms with van der Waals surface area (Å²) >= 11 is 0. The van der Waals surface area contributed by atoms with E-state index in [2.05, 4.69) is 30.9 Å². The van der Waals surface area contributed by atoms with Crippen LogP contribution < -0.4 is 16.0 Å². The van der Waals surface area contributed by atoms with E-state index in [0.717, 1.165) is 28.1 Å². The smallest absolute Gasteiger partial charge is 0.408 e. The summed E-state index contributed by atoms with van der Waals surface area (Å²) in [6, 6.07) is 20.4. The van der Waals surface area contributed by atoms with Gasteiger partial charge in [-0.1, -0.05) is 80.6 Å². The zero-order chi connectivity index (χ0) is 35.9. The minimum absolute atomic E-state index is 0.0387. The standard InChI is InChI=1S/C38H46N6O6/c1-25(2)35(44-38(48)50-24-32-22-40-26(3)27(4)41-32)36(46)43-33(19-29-14-9-6-10-15-29)34(45)20-31(18-28-12-7-5-8-13-28)42-37(47)49-23-30-16-11-17-39-21-30/h5-17,21-22,25,31,33-35,45H,18-20,23-24H2,1-4H3,(H,42,47)(H,43,46)(H,44,48)/t31-,33-,34-,35?/m0/s1. The number of amides is 3. The van der Waals surface area contributed by atoms with Crippen LogP contribution in [-0.2, 0) is 40.3 Å². The van der Waals surface area contributed by atoms with Crippen LogP contribution in [0.4, 0.5) is 9.59 Å². The number of nitrogens with zero attached hydrogens (tertiary/aromatic N) is 3. The van der Waals surface area contributed by atoms with Crippen molar-refractivity contribution in [1.82, 2.24) is 30.9 Å². The molecule has 0 radical (unpaired) electrons. The Hall–Kier alpha value is -5.36. The summed E-state index contributed by atoms with van der Waals surface area (Å²) in [5.41, 5.74) is 4.59. The molecule has 12 heteroatoms. The van der Waals surface area contributed by atoms with E-state index in [1.807, 2.05) is 74.5 Å². The fourth-order valence-corrected chi connectivity index (χ4v) is 5.31. The van der Waals surface area contributed by atoms with Gasteiger partial charge >= 0.3 is 12.2 Å². The third-order valence-electron chi connectivity index (χ3n) is 8.17. The van der Waals surface area contributed by atoms with Crippen molar-refractivity contribution >= 4 is 18.1 Å². The highest BCUT2D eigenvalue weighted by atomic mass is 16.6. The number of aryl methyl sites for hydroxylation is 2. The van der Waals surface area contributed by atoms with E-state index in [4.69, 9.17) is 9.47 Å². The summed E-state index contributed by atoms with van der Waals surface area (Å²) in [5, 5.41) is 20.2. The molecule has 12 nitrogen and oxygen atoms in total. The van der Waals surface area contributed by atoms with Gasteiger partial charge in [-0.25, -0.2) is 9.59 Å². The number of nitrogens with one attached hydrogen (secondary N) is 3. The number of carbonyl (C=O) groups excluding carboxylic acids is 3. The van der Waals surface area contributed by atoms with Gasteiger partial charge < -0.3 is 30.5 Å². The second-order valence-electron chi connectivity index (χ2n) is 12.6. The van der Waals surface area contributed by atoms with E-state index >= 15 is 0 Å². The van der Waals surface area contributed by atoms with Crippen molar-refractivity contribution in [3.8, 4) is 0 Å². The van der Waals surface area contributed by atoms with Gasteiger partial charge in [-0.3, -0.25) is 19.7 Å². The molecule has 4 rings (SSSR count). The van der Waals surface area contributed by atoms with Gasteiger partial charge in [0.1, 0.15) is 19.3 Å². The molecule has 0 aliphatic rings. The maximum Gasteiger partial charge on any atom is 0.408 e. The lowest BCUT2D eigenvalue weighted by atomic mass is 9.93. The van der Waals surface area contributed by atoms with Crippen LogP contribution in [0, 0.1) is 19.8 Å². The monoisotopic (exact) mass is 682 g/mol. The third kappa shape index (κ3) is 12.3. The molecule has 4 aromatic rings. The number of carbonyl (C=O) groups is 3. The lowest BCUT2D eigenvalue weighted by molar-refractivity contribution is -0.125. The average Bonchev–Trinajstić information content (AvgIpc) is 3.11. The van der Waals surface area contributed by atoms with Gasteiger partial charge in [0.25, 0.3) is 0 Å². The highest BCUT2D eigenvalue weighted by Gasteiger charge is 2.31. The molecule has 0 bridgehead atoms. The number of rotatable bonds is 16. The van der Waals surface area contributed by atoms with Crippen LogP contribution in [0.3, 0.4) is 0 Å². The summed E-state index contributed by atoms with van der Waals surface area (Å²) < 4.78 is 10.8. The summed E-state index contributed by atoms with van der Waals surface area (Å²) in [6.45, 7) is 7.20. The number of hydrogen-bond donors (Lipinski definition) is 4. The second-order valence-corrected chi connectivity index (χ2v) is 12.6. The molecular formula is C38H46N6O6. The number of aliphatic hydroxyl groups excluding tert-OH is 1. The number of aromatic nitrogens is 3. The lowest BCUT2D eigenvalue weighted by Crippen LogP contribution is -2.56. The molecule has 0 spiro atoms. The molecule has 0 fully saturated rings. The van der Waals surface area contributed by atoms with Crippen molar-refractivity contribution in [2.75, 3.05) is 0 Å².